The molecular weight excluding hydrogens is 472 g/mol. The van der Waals surface area contributed by atoms with E-state index in [0.717, 1.165) is 41.7 Å². The second-order valence-electron chi connectivity index (χ2n) is 9.22. The Kier molecular flexibility index (Phi) is 8.65. The summed E-state index contributed by atoms with van der Waals surface area (Å²) < 4.78 is 11.0. The van der Waals surface area contributed by atoms with Crippen LogP contribution in [0.2, 0.25) is 0 Å². The molecule has 1 fully saturated rings. The minimum Gasteiger partial charge on any atom is -0.493 e. The first kappa shape index (κ1) is 25.8. The van der Waals surface area contributed by atoms with Crippen molar-refractivity contribution in [3.8, 4) is 11.5 Å². The number of nitrogens with one attached hydrogen (secondary N) is 1. The topological polar surface area (TPSA) is 67.9 Å². The summed E-state index contributed by atoms with van der Waals surface area (Å²) in [6.45, 7) is 2.01. The Morgan fingerprint density at radius 3 is 2.36 bits per heavy atom. The highest BCUT2D eigenvalue weighted by Gasteiger charge is 2.34. The van der Waals surface area contributed by atoms with Gasteiger partial charge in [-0.3, -0.25) is 14.5 Å². The summed E-state index contributed by atoms with van der Waals surface area (Å²) in [5.74, 6) is 0.735. The molecule has 1 unspecified atom stereocenters. The van der Waals surface area contributed by atoms with E-state index in [1.165, 1.54) is 17.8 Å². The first-order chi connectivity index (χ1) is 17.5. The highest BCUT2D eigenvalue weighted by molar-refractivity contribution is 7.10. The number of carbonyl (C=O) groups is 2. The van der Waals surface area contributed by atoms with Gasteiger partial charge in [0, 0.05) is 22.7 Å². The number of amides is 2. The van der Waals surface area contributed by atoms with Crippen molar-refractivity contribution >= 4 is 28.8 Å². The van der Waals surface area contributed by atoms with E-state index >= 15 is 0 Å². The fraction of sp³-hybridized carbons (Fsp3) is 0.379. The van der Waals surface area contributed by atoms with Gasteiger partial charge in [-0.2, -0.15) is 0 Å². The molecule has 1 N–H and O–H groups in total. The van der Waals surface area contributed by atoms with Crippen molar-refractivity contribution in [2.75, 3.05) is 19.1 Å². The Balaban J connectivity index is 1.78. The van der Waals surface area contributed by atoms with Crippen LogP contribution in [0.5, 0.6) is 11.5 Å². The summed E-state index contributed by atoms with van der Waals surface area (Å²) in [6.07, 6.45) is 5.54. The Morgan fingerprint density at radius 1 is 1.00 bits per heavy atom. The molecule has 1 heterocycles. The van der Waals surface area contributed by atoms with Gasteiger partial charge in [-0.25, -0.2) is 0 Å². The molecule has 36 heavy (non-hydrogen) atoms. The molecule has 190 valence electrons. The zero-order valence-electron chi connectivity index (χ0n) is 21.2. The van der Waals surface area contributed by atoms with Gasteiger partial charge in [0.25, 0.3) is 0 Å². The summed E-state index contributed by atoms with van der Waals surface area (Å²) in [5, 5.41) is 5.22. The van der Waals surface area contributed by atoms with Crippen molar-refractivity contribution in [3.63, 3.8) is 0 Å². The number of aryl methyl sites for hydroxylation is 1. The van der Waals surface area contributed by atoms with Crippen LogP contribution < -0.4 is 19.7 Å². The van der Waals surface area contributed by atoms with Crippen molar-refractivity contribution < 1.29 is 19.1 Å². The van der Waals surface area contributed by atoms with Gasteiger partial charge >= 0.3 is 0 Å². The number of rotatable bonds is 9. The van der Waals surface area contributed by atoms with Crippen molar-refractivity contribution in [2.24, 2.45) is 0 Å². The van der Waals surface area contributed by atoms with Gasteiger partial charge in [0.05, 0.1) is 20.6 Å². The van der Waals surface area contributed by atoms with Crippen LogP contribution in [-0.4, -0.2) is 32.1 Å². The van der Waals surface area contributed by atoms with Crippen molar-refractivity contribution in [1.82, 2.24) is 5.32 Å². The van der Waals surface area contributed by atoms with Crippen LogP contribution in [0.15, 0.2) is 60.0 Å². The molecule has 2 aromatic carbocycles. The number of nitrogens with zero attached hydrogens (tertiary/aromatic N) is 1. The number of ether oxygens (including phenoxy) is 2. The lowest BCUT2D eigenvalue weighted by Crippen LogP contribution is -2.47. The van der Waals surface area contributed by atoms with E-state index in [4.69, 9.17) is 9.47 Å². The van der Waals surface area contributed by atoms with Gasteiger partial charge in [0.15, 0.2) is 11.5 Å². The molecule has 2 amide bonds. The molecule has 1 saturated carbocycles. The van der Waals surface area contributed by atoms with E-state index < -0.39 is 6.04 Å². The Hall–Kier alpha value is -3.32. The fourth-order valence-electron chi connectivity index (χ4n) is 4.75. The van der Waals surface area contributed by atoms with Gasteiger partial charge in [-0.15, -0.1) is 11.3 Å². The van der Waals surface area contributed by atoms with Crippen LogP contribution in [0.3, 0.4) is 0 Å². The second-order valence-corrected chi connectivity index (χ2v) is 10.2. The molecule has 0 saturated heterocycles. The summed E-state index contributed by atoms with van der Waals surface area (Å²) in [6, 6.07) is 16.4. The van der Waals surface area contributed by atoms with Crippen LogP contribution in [0.1, 0.15) is 54.1 Å². The maximum Gasteiger partial charge on any atom is 0.248 e. The fourth-order valence-corrected chi connectivity index (χ4v) is 5.45. The zero-order valence-corrected chi connectivity index (χ0v) is 22.0. The number of carbonyl (C=O) groups excluding carboxylic acids is 2. The zero-order chi connectivity index (χ0) is 25.5. The quantitative estimate of drug-likeness (QED) is 0.396. The van der Waals surface area contributed by atoms with Crippen LogP contribution in [0.4, 0.5) is 5.69 Å². The third kappa shape index (κ3) is 6.08. The molecule has 7 heteroatoms. The Morgan fingerprint density at radius 2 is 1.72 bits per heavy atom. The first-order valence-corrected chi connectivity index (χ1v) is 13.3. The molecule has 0 spiro atoms. The van der Waals surface area contributed by atoms with Crippen molar-refractivity contribution in [3.05, 3.63) is 76.0 Å². The third-order valence-electron chi connectivity index (χ3n) is 6.67. The van der Waals surface area contributed by atoms with E-state index in [1.807, 2.05) is 54.8 Å². The van der Waals surface area contributed by atoms with E-state index in [9.17, 15) is 9.59 Å². The van der Waals surface area contributed by atoms with Gasteiger partial charge in [-0.05, 0) is 48.9 Å². The molecule has 0 bridgehead atoms. The lowest BCUT2D eigenvalue weighted by molar-refractivity contribution is -0.127. The highest BCUT2D eigenvalue weighted by atomic mass is 32.1. The van der Waals surface area contributed by atoms with E-state index in [0.29, 0.717) is 17.2 Å². The summed E-state index contributed by atoms with van der Waals surface area (Å²) in [4.78, 5) is 30.4. The number of hydrogen-bond donors (Lipinski definition) is 1. The molecule has 1 aliphatic carbocycles. The molecule has 4 rings (SSSR count). The molecule has 0 aliphatic heterocycles. The van der Waals surface area contributed by atoms with E-state index in [1.54, 1.807) is 31.3 Å². The van der Waals surface area contributed by atoms with E-state index in [-0.39, 0.29) is 24.3 Å². The monoisotopic (exact) mass is 506 g/mol. The smallest absolute Gasteiger partial charge is 0.248 e. The summed E-state index contributed by atoms with van der Waals surface area (Å²) >= 11 is 1.53. The van der Waals surface area contributed by atoms with Crippen LogP contribution in [0, 0.1) is 6.92 Å². The lowest BCUT2D eigenvalue weighted by atomic mass is 9.94. The molecule has 1 atom stereocenters. The minimum atomic E-state index is -0.821. The third-order valence-corrected chi connectivity index (χ3v) is 7.55. The maximum atomic E-state index is 13.9. The van der Waals surface area contributed by atoms with Crippen LogP contribution in [-0.2, 0) is 16.0 Å². The van der Waals surface area contributed by atoms with Gasteiger partial charge in [0.1, 0.15) is 6.04 Å². The predicted molar refractivity (Wildman–Crippen MR) is 144 cm³/mol. The largest absolute Gasteiger partial charge is 0.493 e. The standard InChI is InChI=1S/C29H34N2O4S/c1-20-11-13-21(14-12-20)28(29(33)30-22-8-5-4-6-9-22)31(27(32)19-24-10-7-17-36-24)23-15-16-25(34-2)26(18-23)35-3/h7,10-18,22,28H,4-6,8-9,19H2,1-3H3,(H,30,33). The highest BCUT2D eigenvalue weighted by Crippen LogP contribution is 2.36. The predicted octanol–water partition coefficient (Wildman–Crippen LogP) is 5.84. The lowest BCUT2D eigenvalue weighted by Gasteiger charge is -2.34. The second kappa shape index (κ2) is 12.1. The van der Waals surface area contributed by atoms with Crippen LogP contribution >= 0.6 is 11.3 Å². The number of anilines is 1. The maximum absolute atomic E-state index is 13.9. The summed E-state index contributed by atoms with van der Waals surface area (Å²) in [5.41, 5.74) is 2.44. The molecule has 1 aromatic heterocycles. The molecule has 1 aliphatic rings. The number of benzene rings is 2. The number of hydrogen-bond acceptors (Lipinski definition) is 5. The van der Waals surface area contributed by atoms with E-state index in [2.05, 4.69) is 5.32 Å². The van der Waals surface area contributed by atoms with Crippen molar-refractivity contribution in [2.45, 2.75) is 57.5 Å². The van der Waals surface area contributed by atoms with Crippen molar-refractivity contribution in [1.29, 1.82) is 0 Å². The first-order valence-electron chi connectivity index (χ1n) is 12.4. The SMILES string of the molecule is COc1ccc(N(C(=O)Cc2cccs2)C(C(=O)NC2CCCCC2)c2ccc(C)cc2)cc1OC. The molecular formula is C29H34N2O4S. The average Bonchev–Trinajstić information content (AvgIpc) is 3.41. The van der Waals surface area contributed by atoms with Crippen LogP contribution in [0.25, 0.3) is 0 Å². The Labute approximate surface area is 217 Å². The molecule has 6 nitrogen and oxygen atoms in total. The van der Waals surface area contributed by atoms with Gasteiger partial charge in [0.2, 0.25) is 11.8 Å². The molecule has 3 aromatic rings. The average molecular weight is 507 g/mol. The summed E-state index contributed by atoms with van der Waals surface area (Å²) in [7, 11) is 3.14. The number of thiophene rings is 1. The number of methoxy groups -OCH3 is 2. The normalized spacial score (nSPS) is 14.6. The molecule has 0 radical (unpaired) electrons. The Bertz CT molecular complexity index is 1150. The van der Waals surface area contributed by atoms with Gasteiger partial charge < -0.3 is 14.8 Å². The van der Waals surface area contributed by atoms with Gasteiger partial charge in [-0.1, -0.05) is 55.2 Å². The minimum absolute atomic E-state index is 0.124.